The Balaban J connectivity index is 1.88. The molecule has 0 fully saturated rings. The van der Waals surface area contributed by atoms with Crippen LogP contribution >= 0.6 is 0 Å². The lowest BCUT2D eigenvalue weighted by molar-refractivity contribution is 0.335. The van der Waals surface area contributed by atoms with Crippen molar-refractivity contribution in [2.75, 3.05) is 28.4 Å². The second kappa shape index (κ2) is 7.85. The summed E-state index contributed by atoms with van der Waals surface area (Å²) in [7, 11) is 6.40. The zero-order chi connectivity index (χ0) is 22.2. The van der Waals surface area contributed by atoms with E-state index in [0.29, 0.717) is 34.5 Å². The third-order valence-corrected chi connectivity index (χ3v) is 5.51. The maximum atomic E-state index is 6.46. The van der Waals surface area contributed by atoms with Crippen LogP contribution in [0.4, 0.5) is 0 Å². The van der Waals surface area contributed by atoms with E-state index in [0.717, 1.165) is 28.1 Å². The van der Waals surface area contributed by atoms with Crippen molar-refractivity contribution in [3.8, 4) is 62.6 Å². The average Bonchev–Trinajstić information content (AvgIpc) is 3.23. The van der Waals surface area contributed by atoms with Crippen LogP contribution in [0.1, 0.15) is 0 Å². The number of rotatable bonds is 5. The molecule has 162 valence electrons. The predicted octanol–water partition coefficient (Wildman–Crippen LogP) is 5.35. The van der Waals surface area contributed by atoms with E-state index < -0.39 is 0 Å². The number of hydrogen-bond donors (Lipinski definition) is 0. The molecule has 4 aromatic rings. The van der Waals surface area contributed by atoms with Crippen LogP contribution < -0.4 is 23.7 Å². The molecule has 0 saturated heterocycles. The van der Waals surface area contributed by atoms with Gasteiger partial charge in [-0.25, -0.2) is 4.68 Å². The van der Waals surface area contributed by atoms with E-state index in [4.69, 9.17) is 28.8 Å². The number of methoxy groups -OCH3 is 4. The molecule has 7 heteroatoms. The van der Waals surface area contributed by atoms with Crippen LogP contribution in [-0.4, -0.2) is 38.2 Å². The van der Waals surface area contributed by atoms with E-state index >= 15 is 0 Å². The maximum absolute atomic E-state index is 6.46. The van der Waals surface area contributed by atoms with Crippen LogP contribution in [0.15, 0.2) is 60.8 Å². The van der Waals surface area contributed by atoms with Crippen LogP contribution in [0.5, 0.6) is 34.5 Å². The monoisotopic (exact) mass is 430 g/mol. The Hall–Kier alpha value is -4.13. The molecule has 1 aliphatic rings. The molecule has 0 saturated carbocycles. The molecule has 2 heterocycles. The Labute approximate surface area is 185 Å². The number of nitrogens with zero attached hydrogens (tertiary/aromatic N) is 2. The lowest BCUT2D eigenvalue weighted by Crippen LogP contribution is -2.01. The highest BCUT2D eigenvalue weighted by atomic mass is 16.5. The SMILES string of the molecule is COc1cc2c(cc1OC)-c1cnn(-c3ccccc3)c1-c1ccc(OC)c(OC)c1O2. The molecular formula is C25H22N2O5. The summed E-state index contributed by atoms with van der Waals surface area (Å²) in [6, 6.07) is 17.5. The van der Waals surface area contributed by atoms with Crippen LogP contribution in [0, 0.1) is 0 Å². The fourth-order valence-corrected chi connectivity index (χ4v) is 4.02. The minimum Gasteiger partial charge on any atom is -0.493 e. The molecule has 0 aliphatic carbocycles. The van der Waals surface area contributed by atoms with Gasteiger partial charge in [0.25, 0.3) is 0 Å². The summed E-state index contributed by atoms with van der Waals surface area (Å²) in [5, 5.41) is 4.72. The summed E-state index contributed by atoms with van der Waals surface area (Å²) in [5.74, 6) is 3.37. The van der Waals surface area contributed by atoms with E-state index in [9.17, 15) is 0 Å². The van der Waals surface area contributed by atoms with Crippen LogP contribution in [-0.2, 0) is 0 Å². The van der Waals surface area contributed by atoms with Gasteiger partial charge in [0.15, 0.2) is 23.0 Å². The van der Waals surface area contributed by atoms with Crippen LogP contribution in [0.3, 0.4) is 0 Å². The fourth-order valence-electron chi connectivity index (χ4n) is 4.02. The molecule has 0 bridgehead atoms. The normalized spacial score (nSPS) is 11.4. The first-order chi connectivity index (χ1) is 15.7. The quantitative estimate of drug-likeness (QED) is 0.375. The van der Waals surface area contributed by atoms with Gasteiger partial charge < -0.3 is 23.7 Å². The Kier molecular flexibility index (Phi) is 4.86. The molecule has 0 unspecified atom stereocenters. The van der Waals surface area contributed by atoms with E-state index in [2.05, 4.69) is 0 Å². The molecule has 32 heavy (non-hydrogen) atoms. The van der Waals surface area contributed by atoms with Crippen molar-refractivity contribution in [1.82, 2.24) is 9.78 Å². The number of benzene rings is 3. The van der Waals surface area contributed by atoms with Crippen LogP contribution in [0.2, 0.25) is 0 Å². The molecular weight excluding hydrogens is 408 g/mol. The van der Waals surface area contributed by atoms with Gasteiger partial charge in [-0.2, -0.15) is 5.10 Å². The summed E-state index contributed by atoms with van der Waals surface area (Å²) in [6.45, 7) is 0. The zero-order valence-electron chi connectivity index (χ0n) is 18.2. The van der Waals surface area contributed by atoms with E-state index in [-0.39, 0.29) is 0 Å². The second-order valence-electron chi connectivity index (χ2n) is 7.14. The summed E-state index contributed by atoms with van der Waals surface area (Å²) in [6.07, 6.45) is 1.84. The minimum atomic E-state index is 0.499. The minimum absolute atomic E-state index is 0.499. The Morgan fingerprint density at radius 3 is 2.12 bits per heavy atom. The first-order valence-corrected chi connectivity index (χ1v) is 10.0. The number of aromatic nitrogens is 2. The van der Waals surface area contributed by atoms with Gasteiger partial charge in [-0.1, -0.05) is 18.2 Å². The van der Waals surface area contributed by atoms with Crippen molar-refractivity contribution in [3.63, 3.8) is 0 Å². The lowest BCUT2D eigenvalue weighted by Gasteiger charge is -2.17. The lowest BCUT2D eigenvalue weighted by atomic mass is 10.0. The number of para-hydroxylation sites is 1. The van der Waals surface area contributed by atoms with Gasteiger partial charge in [0.2, 0.25) is 5.75 Å². The highest BCUT2D eigenvalue weighted by Crippen LogP contribution is 2.54. The Morgan fingerprint density at radius 2 is 1.44 bits per heavy atom. The largest absolute Gasteiger partial charge is 0.493 e. The highest BCUT2D eigenvalue weighted by Gasteiger charge is 2.30. The second-order valence-corrected chi connectivity index (χ2v) is 7.14. The molecule has 0 amide bonds. The molecule has 5 rings (SSSR count). The molecule has 0 N–H and O–H groups in total. The number of fused-ring (bicyclic) bond motifs is 5. The van der Waals surface area contributed by atoms with E-state index in [1.54, 1.807) is 28.4 Å². The van der Waals surface area contributed by atoms with Gasteiger partial charge in [-0.05, 0) is 30.3 Å². The summed E-state index contributed by atoms with van der Waals surface area (Å²) in [5.41, 5.74) is 4.36. The third-order valence-electron chi connectivity index (χ3n) is 5.51. The van der Waals surface area contributed by atoms with Crippen molar-refractivity contribution < 1.29 is 23.7 Å². The average molecular weight is 430 g/mol. The van der Waals surface area contributed by atoms with Gasteiger partial charge >= 0.3 is 0 Å². The number of hydrogen-bond acceptors (Lipinski definition) is 6. The Morgan fingerprint density at radius 1 is 0.719 bits per heavy atom. The molecule has 1 aromatic heterocycles. The highest BCUT2D eigenvalue weighted by molar-refractivity contribution is 5.92. The topological polar surface area (TPSA) is 64.0 Å². The smallest absolute Gasteiger partial charge is 0.204 e. The predicted molar refractivity (Wildman–Crippen MR) is 121 cm³/mol. The molecule has 0 atom stereocenters. The molecule has 0 radical (unpaired) electrons. The van der Waals surface area contributed by atoms with E-state index in [1.807, 2.05) is 65.5 Å². The molecule has 0 spiro atoms. The van der Waals surface area contributed by atoms with Crippen LogP contribution in [0.25, 0.3) is 28.1 Å². The summed E-state index contributed by atoms with van der Waals surface area (Å²) >= 11 is 0. The van der Waals surface area contributed by atoms with Gasteiger partial charge in [0.1, 0.15) is 5.75 Å². The standard InChI is InChI=1S/C25H22N2O5/c1-28-19-11-10-16-23-18(14-26-27(23)15-8-6-5-7-9-15)17-12-21(29-2)22(30-3)13-20(17)32-24(16)25(19)31-4/h5-14H,1-4H3. The van der Waals surface area contributed by atoms with Crippen molar-refractivity contribution in [3.05, 3.63) is 60.8 Å². The Bertz CT molecular complexity index is 1300. The fraction of sp³-hybridized carbons (Fsp3) is 0.160. The maximum Gasteiger partial charge on any atom is 0.204 e. The van der Waals surface area contributed by atoms with Crippen molar-refractivity contribution in [1.29, 1.82) is 0 Å². The number of ether oxygens (including phenoxy) is 5. The summed E-state index contributed by atoms with van der Waals surface area (Å²) < 4.78 is 30.7. The van der Waals surface area contributed by atoms with E-state index in [1.165, 1.54) is 0 Å². The van der Waals surface area contributed by atoms with Gasteiger partial charge in [0, 0.05) is 22.8 Å². The van der Waals surface area contributed by atoms with Gasteiger partial charge in [-0.3, -0.25) is 0 Å². The zero-order valence-corrected chi connectivity index (χ0v) is 18.2. The van der Waals surface area contributed by atoms with Crippen molar-refractivity contribution in [2.24, 2.45) is 0 Å². The molecule has 7 nitrogen and oxygen atoms in total. The molecule has 1 aliphatic heterocycles. The van der Waals surface area contributed by atoms with Gasteiger partial charge in [-0.15, -0.1) is 0 Å². The molecule has 3 aromatic carbocycles. The van der Waals surface area contributed by atoms with Crippen molar-refractivity contribution >= 4 is 0 Å². The summed E-state index contributed by atoms with van der Waals surface area (Å²) in [4.78, 5) is 0. The first-order valence-electron chi connectivity index (χ1n) is 10.0. The third kappa shape index (κ3) is 2.93. The van der Waals surface area contributed by atoms with Gasteiger partial charge in [0.05, 0.1) is 46.0 Å². The first kappa shape index (κ1) is 19.8. The van der Waals surface area contributed by atoms with Crippen molar-refractivity contribution in [2.45, 2.75) is 0 Å².